The van der Waals surface area contributed by atoms with E-state index in [1.54, 1.807) is 0 Å². The van der Waals surface area contributed by atoms with Crippen LogP contribution in [0.2, 0.25) is 0 Å². The van der Waals surface area contributed by atoms with Crippen LogP contribution in [0.4, 0.5) is 0 Å². The van der Waals surface area contributed by atoms with Crippen LogP contribution in [0.25, 0.3) is 0 Å². The molecule has 2 N–H and O–H groups in total. The molecule has 2 rings (SSSR count). The van der Waals surface area contributed by atoms with Crippen molar-refractivity contribution in [1.82, 2.24) is 0 Å². The monoisotopic (exact) mass is 267 g/mol. The summed E-state index contributed by atoms with van der Waals surface area (Å²) in [6.45, 7) is 0.542. The van der Waals surface area contributed by atoms with Crippen molar-refractivity contribution in [1.29, 1.82) is 0 Å². The molecule has 0 heterocycles. The molecule has 2 aromatic carbocycles. The average molecular weight is 267 g/mol. The van der Waals surface area contributed by atoms with Gasteiger partial charge < -0.3 is 10.5 Å². The van der Waals surface area contributed by atoms with E-state index in [0.29, 0.717) is 13.0 Å². The molecule has 2 nitrogen and oxygen atoms in total. The lowest BCUT2D eigenvalue weighted by atomic mass is 9.71. The molecule has 0 atom stereocenters. The molecule has 2 aromatic rings. The molecule has 0 unspecified atom stereocenters. The Labute approximate surface area is 120 Å². The van der Waals surface area contributed by atoms with Gasteiger partial charge in [-0.3, -0.25) is 0 Å². The fourth-order valence-corrected chi connectivity index (χ4v) is 2.79. The van der Waals surface area contributed by atoms with Crippen molar-refractivity contribution in [3.8, 4) is 0 Å². The normalized spacial score (nSPS) is 11.2. The molecule has 0 aliphatic rings. The Bertz CT molecular complexity index is 482. The first-order chi connectivity index (χ1) is 9.83. The molecule has 0 fully saturated rings. The van der Waals surface area contributed by atoms with Crippen molar-refractivity contribution in [3.05, 3.63) is 71.8 Å². The summed E-state index contributed by atoms with van der Waals surface area (Å²) in [5.41, 5.74) is 8.41. The molecule has 104 valence electrons. The number of hydrogen-bond acceptors (Lipinski definition) is 2. The Balaban J connectivity index is 2.43. The SMILES string of the molecule is NCC(CCCC=O)(c1ccccc1)c1ccccc1. The standard InChI is InChI=1S/C18H21NO/c19-15-18(13-7-8-14-20,16-9-3-1-4-10-16)17-11-5-2-6-12-17/h1-6,9-12,14H,7-8,13,15,19H2. The van der Waals surface area contributed by atoms with E-state index in [-0.39, 0.29) is 5.41 Å². The zero-order valence-corrected chi connectivity index (χ0v) is 11.7. The predicted molar refractivity (Wildman–Crippen MR) is 82.6 cm³/mol. The fourth-order valence-electron chi connectivity index (χ4n) is 2.79. The van der Waals surface area contributed by atoms with Gasteiger partial charge in [0.25, 0.3) is 0 Å². The lowest BCUT2D eigenvalue weighted by Gasteiger charge is -2.34. The molecule has 0 bridgehead atoms. The van der Waals surface area contributed by atoms with Crippen LogP contribution in [0.3, 0.4) is 0 Å². The van der Waals surface area contributed by atoms with Crippen LogP contribution < -0.4 is 5.73 Å². The van der Waals surface area contributed by atoms with Gasteiger partial charge in [0.2, 0.25) is 0 Å². The van der Waals surface area contributed by atoms with E-state index < -0.39 is 0 Å². The van der Waals surface area contributed by atoms with Crippen LogP contribution in [-0.4, -0.2) is 12.8 Å². The first kappa shape index (κ1) is 14.5. The van der Waals surface area contributed by atoms with Gasteiger partial charge in [0.15, 0.2) is 0 Å². The number of carbonyl (C=O) groups is 1. The summed E-state index contributed by atoms with van der Waals surface area (Å²) in [6.07, 6.45) is 3.30. The molecule has 0 saturated carbocycles. The highest BCUT2D eigenvalue weighted by molar-refractivity contribution is 5.49. The zero-order chi connectivity index (χ0) is 14.3. The van der Waals surface area contributed by atoms with E-state index >= 15 is 0 Å². The van der Waals surface area contributed by atoms with Crippen molar-refractivity contribution in [3.63, 3.8) is 0 Å². The lowest BCUT2D eigenvalue weighted by molar-refractivity contribution is -0.108. The molecule has 0 aliphatic heterocycles. The second kappa shape index (κ2) is 7.01. The summed E-state index contributed by atoms with van der Waals surface area (Å²) >= 11 is 0. The number of carbonyl (C=O) groups excluding carboxylic acids is 1. The lowest BCUT2D eigenvalue weighted by Crippen LogP contribution is -2.36. The smallest absolute Gasteiger partial charge is 0.119 e. The van der Waals surface area contributed by atoms with E-state index in [0.717, 1.165) is 19.1 Å². The summed E-state index contributed by atoms with van der Waals surface area (Å²) in [4.78, 5) is 10.6. The maximum atomic E-state index is 10.6. The van der Waals surface area contributed by atoms with Crippen molar-refractivity contribution >= 4 is 6.29 Å². The van der Waals surface area contributed by atoms with Crippen molar-refractivity contribution in [2.24, 2.45) is 5.73 Å². The minimum Gasteiger partial charge on any atom is -0.329 e. The zero-order valence-electron chi connectivity index (χ0n) is 11.7. The second-order valence-electron chi connectivity index (χ2n) is 5.08. The van der Waals surface area contributed by atoms with Crippen LogP contribution in [0.15, 0.2) is 60.7 Å². The van der Waals surface area contributed by atoms with Crippen molar-refractivity contribution in [2.75, 3.05) is 6.54 Å². The van der Waals surface area contributed by atoms with Crippen LogP contribution in [0.1, 0.15) is 30.4 Å². The highest BCUT2D eigenvalue weighted by Gasteiger charge is 2.31. The number of rotatable bonds is 7. The number of aldehydes is 1. The molecule has 0 aromatic heterocycles. The topological polar surface area (TPSA) is 43.1 Å². The van der Waals surface area contributed by atoms with E-state index in [4.69, 9.17) is 5.73 Å². The minimum absolute atomic E-state index is 0.203. The summed E-state index contributed by atoms with van der Waals surface area (Å²) in [7, 11) is 0. The number of hydrogen-bond donors (Lipinski definition) is 1. The first-order valence-corrected chi connectivity index (χ1v) is 7.08. The molecule has 2 heteroatoms. The maximum Gasteiger partial charge on any atom is 0.119 e. The largest absolute Gasteiger partial charge is 0.329 e. The number of unbranched alkanes of at least 4 members (excludes halogenated alkanes) is 1. The summed E-state index contributed by atoms with van der Waals surface area (Å²) in [5, 5.41) is 0. The molecule has 0 radical (unpaired) electrons. The Morgan fingerprint density at radius 3 is 1.80 bits per heavy atom. The Morgan fingerprint density at radius 1 is 0.900 bits per heavy atom. The molecule has 0 saturated heterocycles. The third-order valence-corrected chi connectivity index (χ3v) is 3.93. The molecular formula is C18H21NO. The van der Waals surface area contributed by atoms with Gasteiger partial charge in [-0.05, 0) is 24.0 Å². The molecule has 0 spiro atoms. The molecule has 0 amide bonds. The van der Waals surface area contributed by atoms with Crippen molar-refractivity contribution < 1.29 is 4.79 Å². The van der Waals surface area contributed by atoms with E-state index in [2.05, 4.69) is 24.3 Å². The number of nitrogens with two attached hydrogens (primary N) is 1. The van der Waals surface area contributed by atoms with Gasteiger partial charge in [0.05, 0.1) is 0 Å². The maximum absolute atomic E-state index is 10.6. The van der Waals surface area contributed by atoms with Gasteiger partial charge in [-0.15, -0.1) is 0 Å². The average Bonchev–Trinajstić information content (AvgIpc) is 2.54. The van der Waals surface area contributed by atoms with Gasteiger partial charge in [0.1, 0.15) is 6.29 Å². The Hall–Kier alpha value is -1.93. The van der Waals surface area contributed by atoms with Gasteiger partial charge in [-0.25, -0.2) is 0 Å². The quantitative estimate of drug-likeness (QED) is 0.618. The Kier molecular flexibility index (Phi) is 5.08. The first-order valence-electron chi connectivity index (χ1n) is 7.08. The molecule has 0 aliphatic carbocycles. The third kappa shape index (κ3) is 2.97. The second-order valence-corrected chi connectivity index (χ2v) is 5.08. The Morgan fingerprint density at radius 2 is 1.40 bits per heavy atom. The highest BCUT2D eigenvalue weighted by atomic mass is 16.1. The summed E-state index contributed by atoms with van der Waals surface area (Å²) < 4.78 is 0. The van der Waals surface area contributed by atoms with Gasteiger partial charge in [-0.1, -0.05) is 60.7 Å². The minimum atomic E-state index is -0.203. The highest BCUT2D eigenvalue weighted by Crippen LogP contribution is 2.36. The van der Waals surface area contributed by atoms with Crippen LogP contribution in [0.5, 0.6) is 0 Å². The molecular weight excluding hydrogens is 246 g/mol. The van der Waals surface area contributed by atoms with Crippen LogP contribution >= 0.6 is 0 Å². The van der Waals surface area contributed by atoms with Gasteiger partial charge in [0, 0.05) is 18.4 Å². The summed E-state index contributed by atoms with van der Waals surface area (Å²) in [5.74, 6) is 0. The van der Waals surface area contributed by atoms with Crippen LogP contribution in [-0.2, 0) is 10.2 Å². The fraction of sp³-hybridized carbons (Fsp3) is 0.278. The van der Waals surface area contributed by atoms with E-state index in [9.17, 15) is 4.79 Å². The summed E-state index contributed by atoms with van der Waals surface area (Å²) in [6, 6.07) is 20.7. The molecule has 20 heavy (non-hydrogen) atoms. The van der Waals surface area contributed by atoms with Gasteiger partial charge >= 0.3 is 0 Å². The predicted octanol–water partition coefficient (Wildman–Crippen LogP) is 3.30. The van der Waals surface area contributed by atoms with Crippen LogP contribution in [0, 0.1) is 0 Å². The third-order valence-electron chi connectivity index (χ3n) is 3.93. The van der Waals surface area contributed by atoms with E-state index in [1.165, 1.54) is 11.1 Å². The van der Waals surface area contributed by atoms with Crippen molar-refractivity contribution in [2.45, 2.75) is 24.7 Å². The number of benzene rings is 2. The van der Waals surface area contributed by atoms with Gasteiger partial charge in [-0.2, -0.15) is 0 Å². The van der Waals surface area contributed by atoms with E-state index in [1.807, 2.05) is 36.4 Å².